The number of hydrogen-bond donors (Lipinski definition) is 0. The van der Waals surface area contributed by atoms with E-state index in [0.29, 0.717) is 0 Å². The molecule has 1 fully saturated rings. The summed E-state index contributed by atoms with van der Waals surface area (Å²) < 4.78 is 5.19. The molecule has 0 radical (unpaired) electrons. The van der Waals surface area contributed by atoms with Gasteiger partial charge in [-0.3, -0.25) is 9.78 Å². The van der Waals surface area contributed by atoms with Crippen LogP contribution in [0.2, 0.25) is 0 Å². The lowest BCUT2D eigenvalue weighted by molar-refractivity contribution is -0.153. The van der Waals surface area contributed by atoms with Crippen molar-refractivity contribution >= 4 is 5.91 Å². The summed E-state index contributed by atoms with van der Waals surface area (Å²) in [5, 5.41) is 0. The summed E-state index contributed by atoms with van der Waals surface area (Å²) in [6.45, 7) is 4.08. The van der Waals surface area contributed by atoms with Gasteiger partial charge in [0.2, 0.25) is 5.91 Å². The van der Waals surface area contributed by atoms with Crippen molar-refractivity contribution in [3.8, 4) is 5.75 Å². The molecular formula is C18H20N2O2. The Labute approximate surface area is 130 Å². The van der Waals surface area contributed by atoms with Gasteiger partial charge in [0.25, 0.3) is 0 Å². The molecule has 1 saturated heterocycles. The van der Waals surface area contributed by atoms with Crippen molar-refractivity contribution in [3.05, 3.63) is 59.9 Å². The Kier molecular flexibility index (Phi) is 3.84. The Hall–Kier alpha value is -2.36. The van der Waals surface area contributed by atoms with Crippen molar-refractivity contribution in [3.63, 3.8) is 0 Å². The minimum absolute atomic E-state index is 0.00194. The Bertz CT molecular complexity index is 653. The average Bonchev–Trinajstić information content (AvgIpc) is 2.53. The Morgan fingerprint density at radius 3 is 2.41 bits per heavy atom. The summed E-state index contributed by atoms with van der Waals surface area (Å²) in [6, 6.07) is 13.7. The second-order valence-electron chi connectivity index (χ2n) is 5.79. The third kappa shape index (κ3) is 2.34. The van der Waals surface area contributed by atoms with Crippen LogP contribution >= 0.6 is 0 Å². The van der Waals surface area contributed by atoms with E-state index in [1.54, 1.807) is 13.3 Å². The van der Waals surface area contributed by atoms with Crippen LogP contribution in [0.25, 0.3) is 0 Å². The zero-order chi connectivity index (χ0) is 15.7. The maximum atomic E-state index is 12.6. The zero-order valence-electron chi connectivity index (χ0n) is 13.1. The molecule has 1 amide bonds. The standard InChI is InChI=1S/C18H20N2O2/c1-12(2)20-17(15-6-4-5-11-19-15)16(18(20)21)13-7-9-14(22-3)10-8-13/h4-12,16-17H,1-3H3. The van der Waals surface area contributed by atoms with E-state index in [4.69, 9.17) is 4.74 Å². The van der Waals surface area contributed by atoms with Crippen LogP contribution in [0.15, 0.2) is 48.7 Å². The summed E-state index contributed by atoms with van der Waals surface area (Å²) in [4.78, 5) is 19.0. The van der Waals surface area contributed by atoms with Crippen molar-refractivity contribution in [2.75, 3.05) is 7.11 Å². The number of β-lactam (4-membered cyclic amide) rings is 1. The number of amides is 1. The summed E-state index contributed by atoms with van der Waals surface area (Å²) in [5.41, 5.74) is 1.95. The van der Waals surface area contributed by atoms with Crippen molar-refractivity contribution in [2.45, 2.75) is 31.8 Å². The largest absolute Gasteiger partial charge is 0.497 e. The molecule has 0 bridgehead atoms. The molecule has 0 spiro atoms. The second-order valence-corrected chi connectivity index (χ2v) is 5.79. The summed E-state index contributed by atoms with van der Waals surface area (Å²) in [5.74, 6) is 0.796. The molecule has 2 unspecified atom stereocenters. The minimum atomic E-state index is -0.164. The highest BCUT2D eigenvalue weighted by atomic mass is 16.5. The number of hydrogen-bond acceptors (Lipinski definition) is 3. The molecule has 1 aliphatic heterocycles. The first-order chi connectivity index (χ1) is 10.6. The first-order valence-electron chi connectivity index (χ1n) is 7.50. The van der Waals surface area contributed by atoms with Crippen LogP contribution in [0.4, 0.5) is 0 Å². The molecule has 4 nitrogen and oxygen atoms in total. The summed E-state index contributed by atoms with van der Waals surface area (Å²) in [6.07, 6.45) is 1.78. The molecule has 4 heteroatoms. The maximum Gasteiger partial charge on any atom is 0.233 e. The number of benzene rings is 1. The van der Waals surface area contributed by atoms with Gasteiger partial charge in [0.05, 0.1) is 24.8 Å². The van der Waals surface area contributed by atoms with Gasteiger partial charge in [0, 0.05) is 12.2 Å². The first-order valence-corrected chi connectivity index (χ1v) is 7.50. The Balaban J connectivity index is 1.96. The van der Waals surface area contributed by atoms with E-state index in [1.807, 2.05) is 61.2 Å². The molecule has 1 aliphatic rings. The lowest BCUT2D eigenvalue weighted by atomic mass is 9.78. The Morgan fingerprint density at radius 2 is 1.86 bits per heavy atom. The molecule has 22 heavy (non-hydrogen) atoms. The molecule has 0 N–H and O–H groups in total. The summed E-state index contributed by atoms with van der Waals surface area (Å²) in [7, 11) is 1.64. The van der Waals surface area contributed by atoms with Gasteiger partial charge in [-0.1, -0.05) is 18.2 Å². The van der Waals surface area contributed by atoms with Crippen molar-refractivity contribution in [2.24, 2.45) is 0 Å². The van der Waals surface area contributed by atoms with E-state index in [-0.39, 0.29) is 23.9 Å². The highest BCUT2D eigenvalue weighted by Crippen LogP contribution is 2.47. The number of carbonyl (C=O) groups is 1. The molecular weight excluding hydrogens is 276 g/mol. The molecule has 114 valence electrons. The predicted molar refractivity (Wildman–Crippen MR) is 84.7 cm³/mol. The van der Waals surface area contributed by atoms with Crippen LogP contribution in [0.3, 0.4) is 0 Å². The number of nitrogens with zero attached hydrogens (tertiary/aromatic N) is 2. The van der Waals surface area contributed by atoms with E-state index >= 15 is 0 Å². The molecule has 2 atom stereocenters. The monoisotopic (exact) mass is 296 g/mol. The number of pyridine rings is 1. The summed E-state index contributed by atoms with van der Waals surface area (Å²) >= 11 is 0. The SMILES string of the molecule is COc1ccc(C2C(=O)N(C(C)C)C2c2ccccn2)cc1. The third-order valence-electron chi connectivity index (χ3n) is 4.16. The highest BCUT2D eigenvalue weighted by Gasteiger charge is 2.50. The first kappa shape index (κ1) is 14.6. The number of methoxy groups -OCH3 is 1. The lowest BCUT2D eigenvalue weighted by Crippen LogP contribution is -2.56. The fourth-order valence-electron chi connectivity index (χ4n) is 3.09. The van der Waals surface area contributed by atoms with E-state index in [0.717, 1.165) is 17.0 Å². The van der Waals surface area contributed by atoms with Gasteiger partial charge in [0.1, 0.15) is 5.75 Å². The number of rotatable bonds is 4. The van der Waals surface area contributed by atoms with E-state index < -0.39 is 0 Å². The van der Waals surface area contributed by atoms with E-state index in [1.165, 1.54) is 0 Å². The van der Waals surface area contributed by atoms with Crippen molar-refractivity contribution < 1.29 is 9.53 Å². The number of carbonyl (C=O) groups excluding carboxylic acids is 1. The molecule has 3 rings (SSSR count). The molecule has 0 aliphatic carbocycles. The normalized spacial score (nSPS) is 20.9. The van der Waals surface area contributed by atoms with E-state index in [9.17, 15) is 4.79 Å². The van der Waals surface area contributed by atoms with E-state index in [2.05, 4.69) is 4.98 Å². The molecule has 0 saturated carbocycles. The fourth-order valence-corrected chi connectivity index (χ4v) is 3.09. The fraction of sp³-hybridized carbons (Fsp3) is 0.333. The zero-order valence-corrected chi connectivity index (χ0v) is 13.1. The highest BCUT2D eigenvalue weighted by molar-refractivity contribution is 5.91. The number of aromatic nitrogens is 1. The van der Waals surface area contributed by atoms with Crippen LogP contribution < -0.4 is 4.74 Å². The van der Waals surface area contributed by atoms with Gasteiger partial charge in [-0.2, -0.15) is 0 Å². The Morgan fingerprint density at radius 1 is 1.14 bits per heavy atom. The number of ether oxygens (including phenoxy) is 1. The van der Waals surface area contributed by atoms with Gasteiger partial charge < -0.3 is 9.64 Å². The van der Waals surface area contributed by atoms with Crippen molar-refractivity contribution in [1.29, 1.82) is 0 Å². The quantitative estimate of drug-likeness (QED) is 0.814. The van der Waals surface area contributed by atoms with Crippen LogP contribution in [0, 0.1) is 0 Å². The molecule has 2 heterocycles. The molecule has 1 aromatic heterocycles. The molecule has 1 aromatic carbocycles. The van der Waals surface area contributed by atoms with Crippen molar-refractivity contribution in [1.82, 2.24) is 9.88 Å². The van der Waals surface area contributed by atoms with Gasteiger partial charge in [-0.25, -0.2) is 0 Å². The van der Waals surface area contributed by atoms with Gasteiger partial charge in [-0.05, 0) is 43.7 Å². The van der Waals surface area contributed by atoms with Crippen LogP contribution in [-0.4, -0.2) is 28.9 Å². The van der Waals surface area contributed by atoms with Gasteiger partial charge >= 0.3 is 0 Å². The minimum Gasteiger partial charge on any atom is -0.497 e. The predicted octanol–water partition coefficient (Wildman–Crippen LogP) is 3.17. The second kappa shape index (κ2) is 5.79. The third-order valence-corrected chi connectivity index (χ3v) is 4.16. The van der Waals surface area contributed by atoms with Crippen LogP contribution in [-0.2, 0) is 4.79 Å². The smallest absolute Gasteiger partial charge is 0.233 e. The maximum absolute atomic E-state index is 12.6. The topological polar surface area (TPSA) is 42.4 Å². The van der Waals surface area contributed by atoms with Gasteiger partial charge in [-0.15, -0.1) is 0 Å². The van der Waals surface area contributed by atoms with Gasteiger partial charge in [0.15, 0.2) is 0 Å². The molecule has 2 aromatic rings. The lowest BCUT2D eigenvalue weighted by Gasteiger charge is -2.49. The van der Waals surface area contributed by atoms with Crippen LogP contribution in [0.5, 0.6) is 5.75 Å². The average molecular weight is 296 g/mol. The number of likely N-dealkylation sites (tertiary alicyclic amines) is 1. The van der Waals surface area contributed by atoms with Crippen LogP contribution in [0.1, 0.15) is 37.1 Å².